The molecule has 2 fully saturated rings. The molecule has 1 aromatic rings. The smallest absolute Gasteiger partial charge is 0.397 e. The number of benzene rings is 1. The summed E-state index contributed by atoms with van der Waals surface area (Å²) in [5.74, 6) is -1.94. The number of nitrogens with one attached hydrogen (secondary N) is 2. The quantitative estimate of drug-likeness (QED) is 0.341. The van der Waals surface area contributed by atoms with Gasteiger partial charge in [-0.1, -0.05) is 0 Å². The van der Waals surface area contributed by atoms with E-state index in [2.05, 4.69) is 10.6 Å². The lowest BCUT2D eigenvalue weighted by atomic mass is 9.78. The third-order valence-corrected chi connectivity index (χ3v) is 7.44. The molecule has 1 saturated carbocycles. The Labute approximate surface area is 200 Å². The highest BCUT2D eigenvalue weighted by Gasteiger charge is 2.54. The second kappa shape index (κ2) is 9.94. The van der Waals surface area contributed by atoms with Crippen molar-refractivity contribution in [2.45, 2.75) is 69.4 Å². The minimum Gasteiger partial charge on any atom is -0.397 e. The van der Waals surface area contributed by atoms with Crippen LogP contribution in [0.15, 0.2) is 12.1 Å². The molecule has 6 nitrogen and oxygen atoms in total. The van der Waals surface area contributed by atoms with Crippen LogP contribution in [-0.4, -0.2) is 55.1 Å². The maximum absolute atomic E-state index is 13.2. The molecule has 2 aliphatic rings. The molecule has 12 heteroatoms. The zero-order valence-corrected chi connectivity index (χ0v) is 19.7. The molecule has 1 aliphatic heterocycles. The first-order valence-corrected chi connectivity index (χ1v) is 11.7. The number of rotatable bonds is 5. The monoisotopic (exact) mass is 510 g/mol. The number of anilines is 3. The van der Waals surface area contributed by atoms with Crippen LogP contribution >= 0.6 is 0 Å². The topological polar surface area (TPSA) is 90.6 Å². The standard InChI is InChI=1S/C23H32F6N4O2/c1-13(14-3-5-15(6-4-14)22(24,25)26)32-20(34)16-11-17(30)18(31-2)12-19(16)33-9-7-21(35,8-10-33)23(27,28)29/h11-15,31,35H,3-10,30H2,1-2H3,(H,32,34)/t13-,14?,15?/m1/s1. The largest absolute Gasteiger partial charge is 0.417 e. The number of amides is 1. The highest BCUT2D eigenvalue weighted by Crippen LogP contribution is 2.42. The van der Waals surface area contributed by atoms with Gasteiger partial charge in [-0.15, -0.1) is 0 Å². The van der Waals surface area contributed by atoms with Gasteiger partial charge in [-0.3, -0.25) is 4.79 Å². The van der Waals surface area contributed by atoms with Crippen LogP contribution < -0.4 is 21.3 Å². The molecule has 3 rings (SSSR count). The van der Waals surface area contributed by atoms with Crippen LogP contribution in [0, 0.1) is 11.8 Å². The lowest BCUT2D eigenvalue weighted by Gasteiger charge is -2.40. The van der Waals surface area contributed by atoms with E-state index in [0.29, 0.717) is 24.2 Å². The van der Waals surface area contributed by atoms with Gasteiger partial charge in [-0.2, -0.15) is 26.3 Å². The summed E-state index contributed by atoms with van der Waals surface area (Å²) in [6, 6.07) is 2.63. The van der Waals surface area contributed by atoms with Gasteiger partial charge in [0.05, 0.1) is 28.5 Å². The van der Waals surface area contributed by atoms with Crippen molar-refractivity contribution >= 4 is 23.0 Å². The molecule has 0 unspecified atom stereocenters. The van der Waals surface area contributed by atoms with Crippen LogP contribution in [0.1, 0.15) is 55.8 Å². The number of nitrogen functional groups attached to an aromatic ring is 1. The van der Waals surface area contributed by atoms with Gasteiger partial charge in [0.15, 0.2) is 5.60 Å². The number of alkyl halides is 6. The Morgan fingerprint density at radius 2 is 1.69 bits per heavy atom. The molecule has 1 atom stereocenters. The molecule has 1 saturated heterocycles. The maximum Gasteiger partial charge on any atom is 0.417 e. The Balaban J connectivity index is 1.75. The van der Waals surface area contributed by atoms with Crippen molar-refractivity contribution in [1.82, 2.24) is 5.32 Å². The molecule has 0 radical (unpaired) electrons. The molecule has 1 heterocycles. The summed E-state index contributed by atoms with van der Waals surface area (Å²) >= 11 is 0. The molecule has 1 aliphatic carbocycles. The minimum absolute atomic E-state index is 0.0132. The van der Waals surface area contributed by atoms with Crippen molar-refractivity contribution in [3.8, 4) is 0 Å². The number of halogens is 6. The molecule has 0 bridgehead atoms. The van der Waals surface area contributed by atoms with E-state index in [1.165, 1.54) is 6.07 Å². The van der Waals surface area contributed by atoms with Crippen molar-refractivity contribution in [3.05, 3.63) is 17.7 Å². The lowest BCUT2D eigenvalue weighted by Crippen LogP contribution is -2.53. The van der Waals surface area contributed by atoms with Crippen molar-refractivity contribution < 1.29 is 36.2 Å². The zero-order chi connectivity index (χ0) is 26.2. The van der Waals surface area contributed by atoms with Crippen LogP contribution in [-0.2, 0) is 0 Å². The minimum atomic E-state index is -4.75. The maximum atomic E-state index is 13.2. The van der Waals surface area contributed by atoms with Gasteiger partial charge in [-0.25, -0.2) is 0 Å². The summed E-state index contributed by atoms with van der Waals surface area (Å²) in [5, 5.41) is 15.7. The fourth-order valence-corrected chi connectivity index (χ4v) is 5.01. The molecule has 198 valence electrons. The number of nitrogens with zero attached hydrogens (tertiary/aromatic N) is 1. The summed E-state index contributed by atoms with van der Waals surface area (Å²) in [4.78, 5) is 14.8. The Bertz CT molecular complexity index is 904. The molecular weight excluding hydrogens is 478 g/mol. The van der Waals surface area contributed by atoms with Gasteiger partial charge in [0.25, 0.3) is 5.91 Å². The van der Waals surface area contributed by atoms with E-state index in [4.69, 9.17) is 5.73 Å². The molecule has 35 heavy (non-hydrogen) atoms. The molecule has 1 amide bonds. The zero-order valence-electron chi connectivity index (χ0n) is 19.7. The van der Waals surface area contributed by atoms with Crippen LogP contribution in [0.2, 0.25) is 0 Å². The summed E-state index contributed by atoms with van der Waals surface area (Å²) in [7, 11) is 1.62. The number of hydrogen-bond donors (Lipinski definition) is 4. The van der Waals surface area contributed by atoms with Gasteiger partial charge < -0.3 is 26.4 Å². The number of carbonyl (C=O) groups is 1. The first-order chi connectivity index (χ1) is 16.2. The van der Waals surface area contributed by atoms with Gasteiger partial charge >= 0.3 is 12.4 Å². The second-order valence-corrected chi connectivity index (χ2v) is 9.64. The predicted octanol–water partition coefficient (Wildman–Crippen LogP) is 4.69. The van der Waals surface area contributed by atoms with Gasteiger partial charge in [-0.05, 0) is 50.7 Å². The lowest BCUT2D eigenvalue weighted by molar-refractivity contribution is -0.266. The van der Waals surface area contributed by atoms with E-state index in [1.54, 1.807) is 24.9 Å². The highest BCUT2D eigenvalue weighted by molar-refractivity contribution is 6.02. The van der Waals surface area contributed by atoms with Crippen LogP contribution in [0.5, 0.6) is 0 Å². The number of piperidine rings is 1. The van der Waals surface area contributed by atoms with E-state index >= 15 is 0 Å². The average molecular weight is 511 g/mol. The van der Waals surface area contributed by atoms with Gasteiger partial charge in [0.1, 0.15) is 0 Å². The summed E-state index contributed by atoms with van der Waals surface area (Å²) in [6.07, 6.45) is -9.37. The summed E-state index contributed by atoms with van der Waals surface area (Å²) in [5.41, 5.74) is 4.55. The number of carbonyl (C=O) groups excluding carboxylic acids is 1. The first-order valence-electron chi connectivity index (χ1n) is 11.7. The molecule has 5 N–H and O–H groups in total. The van der Waals surface area contributed by atoms with Crippen molar-refractivity contribution in [2.75, 3.05) is 36.1 Å². The second-order valence-electron chi connectivity index (χ2n) is 9.64. The third kappa shape index (κ3) is 5.90. The van der Waals surface area contributed by atoms with Gasteiger partial charge in [0, 0.05) is 39.0 Å². The highest BCUT2D eigenvalue weighted by atomic mass is 19.4. The SMILES string of the molecule is CNc1cc(N2CCC(O)(C(F)(F)F)CC2)c(C(=O)N[C@H](C)C2CCC(C(F)(F)F)CC2)cc1N. The Morgan fingerprint density at radius 3 is 2.17 bits per heavy atom. The van der Waals surface area contributed by atoms with E-state index in [-0.39, 0.29) is 43.1 Å². The predicted molar refractivity (Wildman–Crippen MR) is 121 cm³/mol. The van der Waals surface area contributed by atoms with Crippen molar-refractivity contribution in [3.63, 3.8) is 0 Å². The van der Waals surface area contributed by atoms with Crippen molar-refractivity contribution in [2.24, 2.45) is 11.8 Å². The third-order valence-electron chi connectivity index (χ3n) is 7.44. The Hall–Kier alpha value is -2.37. The van der Waals surface area contributed by atoms with E-state index in [1.807, 2.05) is 0 Å². The fourth-order valence-electron chi connectivity index (χ4n) is 5.01. The fraction of sp³-hybridized carbons (Fsp3) is 0.696. The summed E-state index contributed by atoms with van der Waals surface area (Å²) in [6.45, 7) is 1.49. The van der Waals surface area contributed by atoms with Gasteiger partial charge in [0.2, 0.25) is 0 Å². The van der Waals surface area contributed by atoms with E-state index < -0.39 is 48.7 Å². The number of aliphatic hydroxyl groups is 1. The average Bonchev–Trinajstić information content (AvgIpc) is 2.78. The normalized spacial score (nSPS) is 24.1. The van der Waals surface area contributed by atoms with Crippen LogP contribution in [0.25, 0.3) is 0 Å². The molecule has 1 aromatic carbocycles. The Morgan fingerprint density at radius 1 is 1.11 bits per heavy atom. The Kier molecular flexibility index (Phi) is 7.73. The number of nitrogens with two attached hydrogens (primary N) is 1. The molecule has 0 spiro atoms. The van der Waals surface area contributed by atoms with Crippen LogP contribution in [0.4, 0.5) is 43.4 Å². The van der Waals surface area contributed by atoms with Crippen LogP contribution in [0.3, 0.4) is 0 Å². The summed E-state index contributed by atoms with van der Waals surface area (Å²) < 4.78 is 78.6. The van der Waals surface area contributed by atoms with E-state index in [0.717, 1.165) is 0 Å². The first kappa shape index (κ1) is 27.2. The van der Waals surface area contributed by atoms with E-state index in [9.17, 15) is 36.2 Å². The van der Waals surface area contributed by atoms with Crippen molar-refractivity contribution in [1.29, 1.82) is 0 Å². The molecular formula is C23H32F6N4O2. The molecule has 0 aromatic heterocycles. The number of hydrogen-bond acceptors (Lipinski definition) is 5.